The van der Waals surface area contributed by atoms with Crippen molar-refractivity contribution < 1.29 is 24.5 Å². The molecule has 1 aromatic carbocycles. The van der Waals surface area contributed by atoms with Gasteiger partial charge >= 0.3 is 5.97 Å². The third-order valence-corrected chi connectivity index (χ3v) is 8.51. The molecule has 3 rings (SSSR count). The van der Waals surface area contributed by atoms with Crippen molar-refractivity contribution >= 4 is 46.7 Å². The normalized spacial score (nSPS) is 25.8. The smallest absolute Gasteiger partial charge is 0.327 e. The Hall–Kier alpha value is -1.99. The van der Waals surface area contributed by atoms with Crippen molar-refractivity contribution in [2.45, 2.75) is 56.5 Å². The van der Waals surface area contributed by atoms with E-state index in [1.165, 1.54) is 6.08 Å². The molecular weight excluding hydrogens is 549 g/mol. The van der Waals surface area contributed by atoms with Crippen molar-refractivity contribution in [3.63, 3.8) is 0 Å². The van der Waals surface area contributed by atoms with Crippen LogP contribution < -0.4 is 4.74 Å². The van der Waals surface area contributed by atoms with Gasteiger partial charge in [-0.05, 0) is 61.6 Å². The highest BCUT2D eigenvalue weighted by molar-refractivity contribution is 6.68. The highest BCUT2D eigenvalue weighted by Gasteiger charge is 2.51. The van der Waals surface area contributed by atoms with Crippen LogP contribution in [0.5, 0.6) is 5.75 Å². The molecule has 208 valence electrons. The van der Waals surface area contributed by atoms with Crippen molar-refractivity contribution in [2.24, 2.45) is 23.2 Å². The van der Waals surface area contributed by atoms with Gasteiger partial charge in [0.05, 0.1) is 7.11 Å². The number of methoxy groups -OCH3 is 1. The quantitative estimate of drug-likeness (QED) is 0.190. The maximum atomic E-state index is 13.6. The SMILES string of the molecule is COc1ccc(CN2C[C@@]3(C)C(=C[C@H](/C(C)=C/C(C)CCC(O)C(Cl)(Cl)Cl)CC3/C=C/C(=O)O)C2=O)cc1. The molecule has 0 bridgehead atoms. The molecule has 6 nitrogen and oxygen atoms in total. The zero-order valence-electron chi connectivity index (χ0n) is 22.2. The molecule has 1 aliphatic heterocycles. The minimum Gasteiger partial charge on any atom is -0.497 e. The molecule has 1 amide bonds. The largest absolute Gasteiger partial charge is 0.497 e. The number of benzene rings is 1. The maximum Gasteiger partial charge on any atom is 0.327 e. The summed E-state index contributed by atoms with van der Waals surface area (Å²) in [7, 11) is 1.61. The monoisotopic (exact) mass is 583 g/mol. The second-order valence-corrected chi connectivity index (χ2v) is 13.0. The molecule has 9 heteroatoms. The van der Waals surface area contributed by atoms with Crippen LogP contribution in [0.2, 0.25) is 0 Å². The van der Waals surface area contributed by atoms with Gasteiger partial charge in [0.25, 0.3) is 0 Å². The van der Waals surface area contributed by atoms with Gasteiger partial charge in [-0.15, -0.1) is 0 Å². The van der Waals surface area contributed by atoms with Gasteiger partial charge in [-0.3, -0.25) is 4.79 Å². The Morgan fingerprint density at radius 3 is 2.50 bits per heavy atom. The molecule has 2 N–H and O–H groups in total. The Bertz CT molecular complexity index is 1110. The number of ether oxygens (including phenoxy) is 1. The van der Waals surface area contributed by atoms with Gasteiger partial charge in [0.1, 0.15) is 11.9 Å². The molecule has 2 aliphatic rings. The molecule has 1 aromatic rings. The first-order valence-corrected chi connectivity index (χ1v) is 13.9. The molecule has 0 radical (unpaired) electrons. The first-order valence-electron chi connectivity index (χ1n) is 12.7. The van der Waals surface area contributed by atoms with E-state index < -0.39 is 21.3 Å². The number of aliphatic hydroxyl groups excluding tert-OH is 1. The number of halogens is 3. The Morgan fingerprint density at radius 2 is 1.92 bits per heavy atom. The fraction of sp³-hybridized carbons (Fsp3) is 0.517. The molecule has 1 saturated heterocycles. The van der Waals surface area contributed by atoms with E-state index in [1.807, 2.05) is 43.0 Å². The lowest BCUT2D eigenvalue weighted by Crippen LogP contribution is -2.35. The summed E-state index contributed by atoms with van der Waals surface area (Å²) in [6, 6.07) is 7.65. The number of carbonyl (C=O) groups excluding carboxylic acids is 1. The number of fused-ring (bicyclic) bond motifs is 1. The van der Waals surface area contributed by atoms with Crippen LogP contribution >= 0.6 is 34.8 Å². The van der Waals surface area contributed by atoms with E-state index in [2.05, 4.69) is 19.1 Å². The van der Waals surface area contributed by atoms with E-state index in [9.17, 15) is 19.8 Å². The summed E-state index contributed by atoms with van der Waals surface area (Å²) < 4.78 is 3.52. The maximum absolute atomic E-state index is 13.6. The molecule has 1 fully saturated rings. The van der Waals surface area contributed by atoms with Crippen LogP contribution in [0.1, 0.15) is 45.6 Å². The first kappa shape index (κ1) is 30.6. The number of carboxylic acids is 1. The zero-order valence-corrected chi connectivity index (χ0v) is 24.4. The minimum absolute atomic E-state index is 0.0200. The Balaban J connectivity index is 1.84. The molecular formula is C29H36Cl3NO5. The minimum atomic E-state index is -1.72. The van der Waals surface area contributed by atoms with Crippen molar-refractivity contribution in [3.8, 4) is 5.75 Å². The summed E-state index contributed by atoms with van der Waals surface area (Å²) in [5.74, 6) is -0.305. The van der Waals surface area contributed by atoms with E-state index in [-0.39, 0.29) is 23.7 Å². The van der Waals surface area contributed by atoms with Crippen LogP contribution in [0.25, 0.3) is 0 Å². The van der Waals surface area contributed by atoms with E-state index >= 15 is 0 Å². The van der Waals surface area contributed by atoms with Gasteiger partial charge in [-0.2, -0.15) is 0 Å². The fourth-order valence-corrected chi connectivity index (χ4v) is 5.80. The third kappa shape index (κ3) is 7.35. The first-order chi connectivity index (χ1) is 17.7. The van der Waals surface area contributed by atoms with Crippen molar-refractivity contribution in [1.29, 1.82) is 0 Å². The van der Waals surface area contributed by atoms with Gasteiger partial charge in [-0.25, -0.2) is 4.79 Å². The Morgan fingerprint density at radius 1 is 1.26 bits per heavy atom. The van der Waals surface area contributed by atoms with E-state index in [1.54, 1.807) is 13.2 Å². The summed E-state index contributed by atoms with van der Waals surface area (Å²) in [5.41, 5.74) is 2.32. The molecule has 5 atom stereocenters. The highest BCUT2D eigenvalue weighted by Crippen LogP contribution is 2.51. The topological polar surface area (TPSA) is 87.1 Å². The van der Waals surface area contributed by atoms with E-state index in [0.717, 1.165) is 22.5 Å². The van der Waals surface area contributed by atoms with Crippen LogP contribution in [0.15, 0.2) is 59.7 Å². The lowest BCUT2D eigenvalue weighted by Gasteiger charge is -2.39. The molecule has 1 heterocycles. The van der Waals surface area contributed by atoms with Gasteiger partial charge < -0.3 is 19.8 Å². The van der Waals surface area contributed by atoms with Crippen LogP contribution in [0.4, 0.5) is 0 Å². The summed E-state index contributed by atoms with van der Waals surface area (Å²) in [5, 5.41) is 19.4. The summed E-state index contributed by atoms with van der Waals surface area (Å²) in [6.45, 7) is 7.09. The average Bonchev–Trinajstić information content (AvgIpc) is 3.10. The Labute approximate surface area is 239 Å². The van der Waals surface area contributed by atoms with Gasteiger partial charge in [-0.1, -0.05) is 84.6 Å². The number of nitrogens with zero attached hydrogens (tertiary/aromatic N) is 1. The zero-order chi connectivity index (χ0) is 28.3. The number of hydrogen-bond donors (Lipinski definition) is 2. The van der Waals surface area contributed by atoms with Crippen LogP contribution in [-0.4, -0.2) is 50.5 Å². The van der Waals surface area contributed by atoms with Crippen LogP contribution in [0, 0.1) is 23.2 Å². The molecule has 0 aromatic heterocycles. The second-order valence-electron chi connectivity index (χ2n) is 10.7. The van der Waals surface area contributed by atoms with Gasteiger partial charge in [0.15, 0.2) is 0 Å². The summed E-state index contributed by atoms with van der Waals surface area (Å²) in [6.07, 6.45) is 7.72. The number of alkyl halides is 3. The lowest BCUT2D eigenvalue weighted by molar-refractivity contribution is -0.131. The number of rotatable bonds is 10. The molecule has 3 unspecified atom stereocenters. The summed E-state index contributed by atoms with van der Waals surface area (Å²) >= 11 is 17.4. The number of allylic oxidation sites excluding steroid dienone is 4. The fourth-order valence-electron chi connectivity index (χ4n) is 5.48. The number of carboxylic acid groups (broad SMARTS) is 1. The number of likely N-dealkylation sites (tertiary alicyclic amines) is 1. The lowest BCUT2D eigenvalue weighted by atomic mass is 9.64. The van der Waals surface area contributed by atoms with E-state index in [0.29, 0.717) is 32.4 Å². The van der Waals surface area contributed by atoms with Crippen molar-refractivity contribution in [2.75, 3.05) is 13.7 Å². The number of aliphatic carboxylic acids is 1. The van der Waals surface area contributed by atoms with E-state index in [4.69, 9.17) is 39.5 Å². The average molecular weight is 585 g/mol. The standard InChI is InChI=1S/C29H36Cl3NO5/c1-18(5-11-25(34)29(30,31)32)13-19(2)21-14-22(8-12-26(35)36)28(3)17-33(27(37)24(28)15-21)16-20-6-9-23(38-4)10-7-20/h6-10,12-13,15,18,21-22,25,34H,5,11,14,16-17H2,1-4H3,(H,35,36)/b12-8+,19-13+/t18?,21-,22?,25?,28-/m1/s1. The van der Waals surface area contributed by atoms with Crippen molar-refractivity contribution in [1.82, 2.24) is 4.90 Å². The highest BCUT2D eigenvalue weighted by atomic mass is 35.6. The molecule has 0 spiro atoms. The van der Waals surface area contributed by atoms with Crippen molar-refractivity contribution in [3.05, 3.63) is 65.3 Å². The van der Waals surface area contributed by atoms with Gasteiger partial charge in [0, 0.05) is 30.2 Å². The van der Waals surface area contributed by atoms with Crippen LogP contribution in [0.3, 0.4) is 0 Å². The Kier molecular flexibility index (Phi) is 10.0. The number of aliphatic hydroxyl groups is 1. The summed E-state index contributed by atoms with van der Waals surface area (Å²) in [4.78, 5) is 26.8. The molecule has 0 saturated carbocycles. The number of hydrogen-bond acceptors (Lipinski definition) is 4. The molecule has 1 aliphatic carbocycles. The third-order valence-electron chi connectivity index (χ3n) is 7.76. The molecule has 38 heavy (non-hydrogen) atoms. The number of carbonyl (C=O) groups is 2. The van der Waals surface area contributed by atoms with Gasteiger partial charge in [0.2, 0.25) is 9.70 Å². The number of amides is 1. The predicted molar refractivity (Wildman–Crippen MR) is 151 cm³/mol. The predicted octanol–water partition coefficient (Wildman–Crippen LogP) is 6.34. The second kappa shape index (κ2) is 12.5. The van der Waals surface area contributed by atoms with Crippen LogP contribution in [-0.2, 0) is 16.1 Å².